The number of pyridine rings is 2. The van der Waals surface area contributed by atoms with Crippen LogP contribution < -0.4 is 5.32 Å². The van der Waals surface area contributed by atoms with E-state index >= 15 is 0 Å². The number of rotatable bonds is 5. The molecule has 5 nitrogen and oxygen atoms in total. The van der Waals surface area contributed by atoms with Gasteiger partial charge in [-0.25, -0.2) is 4.98 Å². The third kappa shape index (κ3) is 4.22. The lowest BCUT2D eigenvalue weighted by atomic mass is 9.98. The Hall–Kier alpha value is -2.40. The van der Waals surface area contributed by atoms with Gasteiger partial charge in [0.25, 0.3) is 5.91 Å². The average Bonchev–Trinajstić information content (AvgIpc) is 2.65. The summed E-state index contributed by atoms with van der Waals surface area (Å²) in [5.74, 6) is 0.490. The standard InChI is InChI=1S/C20H23ClN4O/c1-3-6-17-7-4-5-10-25(17)20(26)15-11-18(21)19(23-12-15)24-16-9-8-14(2)22-13-16/h3,8-9,11-13,17H,1,4-7,10H2,2H3,(H,23,24). The number of anilines is 2. The molecule has 2 aromatic rings. The van der Waals surface area contributed by atoms with Gasteiger partial charge in [-0.05, 0) is 50.8 Å². The minimum absolute atomic E-state index is 0.0190. The van der Waals surface area contributed by atoms with Crippen molar-refractivity contribution in [2.45, 2.75) is 38.6 Å². The molecule has 1 aliphatic heterocycles. The van der Waals surface area contributed by atoms with Gasteiger partial charge in [0.05, 0.1) is 22.5 Å². The van der Waals surface area contributed by atoms with Gasteiger partial charge in [-0.3, -0.25) is 9.78 Å². The van der Waals surface area contributed by atoms with Crippen molar-refractivity contribution in [3.8, 4) is 0 Å². The summed E-state index contributed by atoms with van der Waals surface area (Å²) in [5.41, 5.74) is 2.25. The van der Waals surface area contributed by atoms with Crippen molar-refractivity contribution < 1.29 is 4.79 Å². The SMILES string of the molecule is C=CCC1CCCCN1C(=O)c1cnc(Nc2ccc(C)nc2)c(Cl)c1. The molecular formula is C20H23ClN4O. The molecule has 1 N–H and O–H groups in total. The number of nitrogens with zero attached hydrogens (tertiary/aromatic N) is 3. The monoisotopic (exact) mass is 370 g/mol. The number of halogens is 1. The van der Waals surface area contributed by atoms with E-state index in [-0.39, 0.29) is 11.9 Å². The quantitative estimate of drug-likeness (QED) is 0.771. The number of aryl methyl sites for hydroxylation is 1. The zero-order chi connectivity index (χ0) is 18.5. The van der Waals surface area contributed by atoms with Gasteiger partial charge in [0.1, 0.15) is 5.82 Å². The maximum atomic E-state index is 12.9. The summed E-state index contributed by atoms with van der Waals surface area (Å²) in [5, 5.41) is 3.54. The highest BCUT2D eigenvalue weighted by Crippen LogP contribution is 2.26. The van der Waals surface area contributed by atoms with Gasteiger partial charge in [0.2, 0.25) is 0 Å². The highest BCUT2D eigenvalue weighted by atomic mass is 35.5. The number of carbonyl (C=O) groups excluding carboxylic acids is 1. The molecule has 1 fully saturated rings. The molecule has 1 saturated heterocycles. The summed E-state index contributed by atoms with van der Waals surface area (Å²) < 4.78 is 0. The first kappa shape index (κ1) is 18.4. The van der Waals surface area contributed by atoms with E-state index in [0.29, 0.717) is 16.4 Å². The number of hydrogen-bond acceptors (Lipinski definition) is 4. The normalized spacial score (nSPS) is 17.0. The van der Waals surface area contributed by atoms with Crippen molar-refractivity contribution in [2.24, 2.45) is 0 Å². The van der Waals surface area contributed by atoms with Crippen molar-refractivity contribution in [2.75, 3.05) is 11.9 Å². The molecule has 1 aliphatic rings. The minimum Gasteiger partial charge on any atom is -0.338 e. The lowest BCUT2D eigenvalue weighted by Gasteiger charge is -2.35. The summed E-state index contributed by atoms with van der Waals surface area (Å²) in [6.07, 6.45) is 9.18. The molecule has 2 aromatic heterocycles. The maximum Gasteiger partial charge on any atom is 0.255 e. The second kappa shape index (κ2) is 8.32. The van der Waals surface area contributed by atoms with Gasteiger partial charge in [-0.2, -0.15) is 0 Å². The van der Waals surface area contributed by atoms with Crippen molar-refractivity contribution in [1.82, 2.24) is 14.9 Å². The van der Waals surface area contributed by atoms with Gasteiger partial charge in [0.15, 0.2) is 0 Å². The zero-order valence-electron chi connectivity index (χ0n) is 14.9. The smallest absolute Gasteiger partial charge is 0.255 e. The summed E-state index contributed by atoms with van der Waals surface area (Å²) in [7, 11) is 0. The van der Waals surface area contributed by atoms with E-state index in [4.69, 9.17) is 11.6 Å². The number of amides is 1. The highest BCUT2D eigenvalue weighted by Gasteiger charge is 2.27. The minimum atomic E-state index is -0.0190. The molecule has 1 atom stereocenters. The molecule has 0 saturated carbocycles. The Labute approximate surface area is 159 Å². The lowest BCUT2D eigenvalue weighted by molar-refractivity contribution is 0.0616. The fourth-order valence-electron chi connectivity index (χ4n) is 3.20. The van der Waals surface area contributed by atoms with Crippen LogP contribution in [0.3, 0.4) is 0 Å². The van der Waals surface area contributed by atoms with E-state index in [0.717, 1.165) is 43.6 Å². The Kier molecular flexibility index (Phi) is 5.89. The molecule has 0 radical (unpaired) electrons. The van der Waals surface area contributed by atoms with Crippen LogP contribution in [0.1, 0.15) is 41.7 Å². The molecule has 26 heavy (non-hydrogen) atoms. The van der Waals surface area contributed by atoms with Crippen LogP contribution in [0.4, 0.5) is 11.5 Å². The Morgan fingerprint density at radius 3 is 2.92 bits per heavy atom. The highest BCUT2D eigenvalue weighted by molar-refractivity contribution is 6.33. The van der Waals surface area contributed by atoms with Crippen molar-refractivity contribution in [3.05, 3.63) is 59.5 Å². The lowest BCUT2D eigenvalue weighted by Crippen LogP contribution is -2.43. The van der Waals surface area contributed by atoms with Crippen molar-refractivity contribution in [1.29, 1.82) is 0 Å². The molecule has 1 amide bonds. The van der Waals surface area contributed by atoms with Crippen LogP contribution in [-0.2, 0) is 0 Å². The van der Waals surface area contributed by atoms with Crippen LogP contribution in [0.15, 0.2) is 43.2 Å². The summed E-state index contributed by atoms with van der Waals surface area (Å²) >= 11 is 6.36. The second-order valence-electron chi connectivity index (χ2n) is 6.54. The van der Waals surface area contributed by atoms with E-state index in [2.05, 4.69) is 21.9 Å². The number of nitrogens with one attached hydrogen (secondary N) is 1. The molecule has 0 bridgehead atoms. The molecule has 3 heterocycles. The first-order valence-electron chi connectivity index (χ1n) is 8.85. The molecule has 0 aliphatic carbocycles. The number of piperidine rings is 1. The molecule has 6 heteroatoms. The number of hydrogen-bond donors (Lipinski definition) is 1. The van der Waals surface area contributed by atoms with E-state index in [1.54, 1.807) is 18.5 Å². The second-order valence-corrected chi connectivity index (χ2v) is 6.95. The predicted octanol–water partition coefficient (Wildman–Crippen LogP) is 4.75. The molecule has 0 aromatic carbocycles. The van der Waals surface area contributed by atoms with Gasteiger partial charge in [0, 0.05) is 24.5 Å². The van der Waals surface area contributed by atoms with Crippen LogP contribution >= 0.6 is 11.6 Å². The van der Waals surface area contributed by atoms with E-state index in [1.807, 2.05) is 30.0 Å². The fourth-order valence-corrected chi connectivity index (χ4v) is 3.41. The number of likely N-dealkylation sites (tertiary alicyclic amines) is 1. The van der Waals surface area contributed by atoms with Gasteiger partial charge in [-0.1, -0.05) is 17.7 Å². The summed E-state index contributed by atoms with van der Waals surface area (Å²) in [4.78, 5) is 23.4. The third-order valence-electron chi connectivity index (χ3n) is 4.59. The molecule has 0 spiro atoms. The Morgan fingerprint density at radius 2 is 2.23 bits per heavy atom. The first-order valence-corrected chi connectivity index (χ1v) is 9.23. The van der Waals surface area contributed by atoms with Gasteiger partial charge >= 0.3 is 0 Å². The molecule has 1 unspecified atom stereocenters. The number of aromatic nitrogens is 2. The van der Waals surface area contributed by atoms with E-state index < -0.39 is 0 Å². The maximum absolute atomic E-state index is 12.9. The third-order valence-corrected chi connectivity index (χ3v) is 4.88. The van der Waals surface area contributed by atoms with Crippen molar-refractivity contribution in [3.63, 3.8) is 0 Å². The van der Waals surface area contributed by atoms with Crippen LogP contribution in [-0.4, -0.2) is 33.4 Å². The molecule has 136 valence electrons. The fraction of sp³-hybridized carbons (Fsp3) is 0.350. The Balaban J connectivity index is 1.76. The van der Waals surface area contributed by atoms with E-state index in [9.17, 15) is 4.79 Å². The van der Waals surface area contributed by atoms with Gasteiger partial charge in [-0.15, -0.1) is 6.58 Å². The Morgan fingerprint density at radius 1 is 1.38 bits per heavy atom. The summed E-state index contributed by atoms with van der Waals surface area (Å²) in [6.45, 7) is 6.50. The van der Waals surface area contributed by atoms with Crippen LogP contribution in [0.2, 0.25) is 5.02 Å². The zero-order valence-corrected chi connectivity index (χ0v) is 15.7. The van der Waals surface area contributed by atoms with Crippen molar-refractivity contribution >= 4 is 29.0 Å². The van der Waals surface area contributed by atoms with Crippen LogP contribution in [0.25, 0.3) is 0 Å². The van der Waals surface area contributed by atoms with E-state index in [1.165, 1.54) is 0 Å². The molecule has 3 rings (SSSR count). The molecular weight excluding hydrogens is 348 g/mol. The first-order chi connectivity index (χ1) is 12.6. The Bertz CT molecular complexity index is 791. The van der Waals surface area contributed by atoms with Crippen LogP contribution in [0, 0.1) is 6.92 Å². The van der Waals surface area contributed by atoms with Gasteiger partial charge < -0.3 is 10.2 Å². The topological polar surface area (TPSA) is 58.1 Å². The average molecular weight is 371 g/mol. The predicted molar refractivity (Wildman–Crippen MR) is 105 cm³/mol. The summed E-state index contributed by atoms with van der Waals surface area (Å²) in [6, 6.07) is 5.71. The number of carbonyl (C=O) groups is 1. The van der Waals surface area contributed by atoms with Crippen LogP contribution in [0.5, 0.6) is 0 Å². The largest absolute Gasteiger partial charge is 0.338 e.